The summed E-state index contributed by atoms with van der Waals surface area (Å²) in [5.74, 6) is 1.72. The zero-order valence-corrected chi connectivity index (χ0v) is 14.0. The molecule has 1 nitrogen and oxygen atoms in total. The molecule has 0 aliphatic carbocycles. The van der Waals surface area contributed by atoms with Crippen LogP contribution in [0.3, 0.4) is 0 Å². The minimum atomic E-state index is 0.690. The third kappa shape index (κ3) is 5.56. The second kappa shape index (κ2) is 8.26. The molecule has 0 unspecified atom stereocenters. The van der Waals surface area contributed by atoms with Gasteiger partial charge in [0.25, 0.3) is 0 Å². The fourth-order valence-corrected chi connectivity index (χ4v) is 3.21. The van der Waals surface area contributed by atoms with Crippen LogP contribution in [0.1, 0.15) is 30.5 Å². The van der Waals surface area contributed by atoms with Crippen molar-refractivity contribution in [3.63, 3.8) is 0 Å². The Balaban J connectivity index is 2.00. The van der Waals surface area contributed by atoms with Crippen LogP contribution < -0.4 is 5.32 Å². The molecular formula is C19H25NS. The molecule has 0 saturated heterocycles. The highest BCUT2D eigenvalue weighted by Crippen LogP contribution is 2.27. The standard InChI is InChI=1S/C19H25NS/c1-15(2)12-20-13-18-11-16(3)9-10-19(18)21-14-17-7-5-4-6-8-17/h4-11,15,20H,12-14H2,1-3H3. The fraction of sp³-hybridized carbons (Fsp3) is 0.368. The van der Waals surface area contributed by atoms with E-state index in [1.54, 1.807) is 0 Å². The van der Waals surface area contributed by atoms with Gasteiger partial charge in [-0.05, 0) is 36.6 Å². The van der Waals surface area contributed by atoms with E-state index in [2.05, 4.69) is 74.6 Å². The van der Waals surface area contributed by atoms with Gasteiger partial charge in [0.05, 0.1) is 0 Å². The van der Waals surface area contributed by atoms with Crippen molar-refractivity contribution >= 4 is 11.8 Å². The van der Waals surface area contributed by atoms with E-state index in [0.29, 0.717) is 5.92 Å². The lowest BCUT2D eigenvalue weighted by molar-refractivity contribution is 0.550. The summed E-state index contributed by atoms with van der Waals surface area (Å²) in [6.45, 7) is 8.67. The van der Waals surface area contributed by atoms with Crippen molar-refractivity contribution in [1.82, 2.24) is 5.32 Å². The van der Waals surface area contributed by atoms with E-state index in [4.69, 9.17) is 0 Å². The Labute approximate surface area is 133 Å². The summed E-state index contributed by atoms with van der Waals surface area (Å²) in [6.07, 6.45) is 0. The van der Waals surface area contributed by atoms with Crippen molar-refractivity contribution in [3.8, 4) is 0 Å². The van der Waals surface area contributed by atoms with Crippen LogP contribution >= 0.6 is 11.8 Å². The van der Waals surface area contributed by atoms with Crippen LogP contribution in [0.15, 0.2) is 53.4 Å². The zero-order valence-electron chi connectivity index (χ0n) is 13.2. The van der Waals surface area contributed by atoms with Gasteiger partial charge in [0.15, 0.2) is 0 Å². The van der Waals surface area contributed by atoms with Gasteiger partial charge in [-0.3, -0.25) is 0 Å². The van der Waals surface area contributed by atoms with Crippen molar-refractivity contribution in [3.05, 3.63) is 65.2 Å². The van der Waals surface area contributed by atoms with E-state index in [1.807, 2.05) is 11.8 Å². The van der Waals surface area contributed by atoms with E-state index >= 15 is 0 Å². The molecule has 0 amide bonds. The quantitative estimate of drug-likeness (QED) is 0.719. The molecular weight excluding hydrogens is 274 g/mol. The lowest BCUT2D eigenvalue weighted by Gasteiger charge is -2.13. The van der Waals surface area contributed by atoms with Gasteiger partial charge in [0.2, 0.25) is 0 Å². The largest absolute Gasteiger partial charge is 0.312 e. The second-order valence-corrected chi connectivity index (χ2v) is 6.93. The van der Waals surface area contributed by atoms with Crippen molar-refractivity contribution in [2.24, 2.45) is 5.92 Å². The Morgan fingerprint density at radius 2 is 1.81 bits per heavy atom. The highest BCUT2D eigenvalue weighted by Gasteiger charge is 2.05. The lowest BCUT2D eigenvalue weighted by Crippen LogP contribution is -2.19. The van der Waals surface area contributed by atoms with E-state index in [9.17, 15) is 0 Å². The first-order chi connectivity index (χ1) is 10.1. The molecule has 0 radical (unpaired) electrons. The predicted molar refractivity (Wildman–Crippen MR) is 93.7 cm³/mol. The van der Waals surface area contributed by atoms with Crippen LogP contribution in [0.25, 0.3) is 0 Å². The molecule has 0 aliphatic rings. The summed E-state index contributed by atoms with van der Waals surface area (Å²) < 4.78 is 0. The molecule has 1 N–H and O–H groups in total. The first kappa shape index (κ1) is 16.1. The van der Waals surface area contributed by atoms with Crippen molar-refractivity contribution in [2.75, 3.05) is 6.54 Å². The third-order valence-corrected chi connectivity index (χ3v) is 4.51. The molecule has 0 aliphatic heterocycles. The van der Waals surface area contributed by atoms with Crippen molar-refractivity contribution in [2.45, 2.75) is 38.0 Å². The van der Waals surface area contributed by atoms with E-state index in [0.717, 1.165) is 18.8 Å². The van der Waals surface area contributed by atoms with Gasteiger partial charge in [-0.2, -0.15) is 0 Å². The average Bonchev–Trinajstić information content (AvgIpc) is 2.47. The number of nitrogens with one attached hydrogen (secondary N) is 1. The topological polar surface area (TPSA) is 12.0 Å². The summed E-state index contributed by atoms with van der Waals surface area (Å²) >= 11 is 1.93. The number of aryl methyl sites for hydroxylation is 1. The Kier molecular flexibility index (Phi) is 6.34. The molecule has 2 heteroatoms. The minimum Gasteiger partial charge on any atom is -0.312 e. The number of rotatable bonds is 7. The molecule has 0 aromatic heterocycles. The van der Waals surface area contributed by atoms with Gasteiger partial charge in [0.1, 0.15) is 0 Å². The van der Waals surface area contributed by atoms with Crippen LogP contribution in [-0.4, -0.2) is 6.54 Å². The molecule has 112 valence electrons. The second-order valence-electron chi connectivity index (χ2n) is 5.91. The molecule has 0 spiro atoms. The molecule has 0 fully saturated rings. The molecule has 2 aromatic rings. The van der Waals surface area contributed by atoms with Gasteiger partial charge in [-0.15, -0.1) is 11.8 Å². The zero-order chi connectivity index (χ0) is 15.1. The van der Waals surface area contributed by atoms with Gasteiger partial charge < -0.3 is 5.32 Å². The molecule has 2 aromatic carbocycles. The van der Waals surface area contributed by atoms with Gasteiger partial charge in [-0.1, -0.05) is 61.9 Å². The summed E-state index contributed by atoms with van der Waals surface area (Å²) in [5.41, 5.74) is 4.13. The summed E-state index contributed by atoms with van der Waals surface area (Å²) in [5, 5.41) is 3.55. The molecule has 0 saturated carbocycles. The van der Waals surface area contributed by atoms with Crippen LogP contribution in [0.2, 0.25) is 0 Å². The maximum atomic E-state index is 3.55. The first-order valence-electron chi connectivity index (χ1n) is 7.62. The van der Waals surface area contributed by atoms with Crippen LogP contribution in [-0.2, 0) is 12.3 Å². The summed E-state index contributed by atoms with van der Waals surface area (Å²) in [6, 6.07) is 17.4. The van der Waals surface area contributed by atoms with Crippen LogP contribution in [0.4, 0.5) is 0 Å². The Hall–Kier alpha value is -1.25. The maximum absolute atomic E-state index is 3.55. The number of benzene rings is 2. The van der Waals surface area contributed by atoms with E-state index in [1.165, 1.54) is 21.6 Å². The summed E-state index contributed by atoms with van der Waals surface area (Å²) in [4.78, 5) is 1.39. The molecule has 0 atom stereocenters. The summed E-state index contributed by atoms with van der Waals surface area (Å²) in [7, 11) is 0. The predicted octanol–water partition coefficient (Wildman–Crippen LogP) is 5.03. The van der Waals surface area contributed by atoms with Crippen molar-refractivity contribution in [1.29, 1.82) is 0 Å². The van der Waals surface area contributed by atoms with Crippen LogP contribution in [0.5, 0.6) is 0 Å². The molecule has 2 rings (SSSR count). The third-order valence-electron chi connectivity index (χ3n) is 3.32. The smallest absolute Gasteiger partial charge is 0.0232 e. The first-order valence-corrected chi connectivity index (χ1v) is 8.60. The van der Waals surface area contributed by atoms with Gasteiger partial charge in [-0.25, -0.2) is 0 Å². The number of hydrogen-bond donors (Lipinski definition) is 1. The van der Waals surface area contributed by atoms with E-state index < -0.39 is 0 Å². The number of hydrogen-bond acceptors (Lipinski definition) is 2. The molecule has 0 heterocycles. The SMILES string of the molecule is Cc1ccc(SCc2ccccc2)c(CNCC(C)C)c1. The highest BCUT2D eigenvalue weighted by atomic mass is 32.2. The Morgan fingerprint density at radius 3 is 2.52 bits per heavy atom. The monoisotopic (exact) mass is 299 g/mol. The normalized spacial score (nSPS) is 11.0. The Morgan fingerprint density at radius 1 is 1.05 bits per heavy atom. The Bertz CT molecular complexity index is 549. The number of thioether (sulfide) groups is 1. The molecule has 21 heavy (non-hydrogen) atoms. The highest BCUT2D eigenvalue weighted by molar-refractivity contribution is 7.98. The van der Waals surface area contributed by atoms with Crippen LogP contribution in [0, 0.1) is 12.8 Å². The average molecular weight is 299 g/mol. The maximum Gasteiger partial charge on any atom is 0.0232 e. The lowest BCUT2D eigenvalue weighted by atomic mass is 10.1. The van der Waals surface area contributed by atoms with Crippen molar-refractivity contribution < 1.29 is 0 Å². The van der Waals surface area contributed by atoms with E-state index in [-0.39, 0.29) is 0 Å². The fourth-order valence-electron chi connectivity index (χ4n) is 2.22. The van der Waals surface area contributed by atoms with Gasteiger partial charge >= 0.3 is 0 Å². The van der Waals surface area contributed by atoms with Gasteiger partial charge in [0, 0.05) is 17.2 Å². The molecule has 0 bridgehead atoms. The minimum absolute atomic E-state index is 0.690.